The van der Waals surface area contributed by atoms with E-state index in [-0.39, 0.29) is 11.9 Å². The van der Waals surface area contributed by atoms with Gasteiger partial charge in [0.1, 0.15) is 0 Å². The van der Waals surface area contributed by atoms with Crippen LogP contribution in [-0.2, 0) is 13.5 Å². The number of nitrogens with zero attached hydrogens (tertiary/aromatic N) is 5. The second kappa shape index (κ2) is 7.50. The molecule has 1 aliphatic heterocycles. The molecule has 3 aromatic heterocycles. The first kappa shape index (κ1) is 19.2. The number of rotatable bonds is 3. The number of carbonyl (C=O) groups excluding carboxylic acids is 1. The number of hydrogen-bond donors (Lipinski definition) is 0. The summed E-state index contributed by atoms with van der Waals surface area (Å²) in [5.74, 6) is 0.584. The van der Waals surface area contributed by atoms with E-state index in [2.05, 4.69) is 9.97 Å². The van der Waals surface area contributed by atoms with Crippen molar-refractivity contribution in [3.63, 3.8) is 0 Å². The van der Waals surface area contributed by atoms with Crippen molar-refractivity contribution >= 4 is 16.8 Å². The number of benzene rings is 1. The maximum atomic E-state index is 13.4. The zero-order valence-electron chi connectivity index (χ0n) is 17.7. The summed E-state index contributed by atoms with van der Waals surface area (Å²) in [6.07, 6.45) is 4.24. The summed E-state index contributed by atoms with van der Waals surface area (Å²) in [5.41, 5.74) is 5.73. The number of carbonyl (C=O) groups is 1. The summed E-state index contributed by atoms with van der Waals surface area (Å²) in [6, 6.07) is 13.3. The molecule has 4 heterocycles. The lowest BCUT2D eigenvalue weighted by Crippen LogP contribution is -2.38. The molecule has 0 radical (unpaired) electrons. The predicted molar refractivity (Wildman–Crippen MR) is 118 cm³/mol. The number of hydrogen-bond acceptors (Lipinski definition) is 5. The number of methoxy groups -OCH3 is 1. The molecule has 1 aliphatic rings. The van der Waals surface area contributed by atoms with Crippen molar-refractivity contribution in [1.82, 2.24) is 24.6 Å². The minimum Gasteiger partial charge on any atom is -0.481 e. The van der Waals surface area contributed by atoms with Crippen molar-refractivity contribution in [1.29, 1.82) is 0 Å². The largest absolute Gasteiger partial charge is 0.481 e. The standard InChI is InChI=1S/C24H23N5O2/c1-15-22-19(23(28(2)27-22)17-8-11-26-21(14-17)31-3)9-12-29(15)24(30)18-6-7-20-16(13-18)5-4-10-25-20/h4-8,10-11,13-15H,9,12H2,1-3H3/t15-/m0/s1. The number of pyridine rings is 2. The molecule has 0 spiro atoms. The van der Waals surface area contributed by atoms with Crippen LogP contribution in [0, 0.1) is 0 Å². The normalized spacial score (nSPS) is 15.7. The third kappa shape index (κ3) is 3.22. The van der Waals surface area contributed by atoms with E-state index in [4.69, 9.17) is 9.84 Å². The first-order valence-electron chi connectivity index (χ1n) is 10.3. The van der Waals surface area contributed by atoms with Crippen LogP contribution < -0.4 is 4.74 Å². The van der Waals surface area contributed by atoms with Crippen LogP contribution in [0.3, 0.4) is 0 Å². The molecule has 1 atom stereocenters. The van der Waals surface area contributed by atoms with E-state index in [1.165, 1.54) is 5.56 Å². The highest BCUT2D eigenvalue weighted by molar-refractivity contribution is 5.98. The molecule has 0 aliphatic carbocycles. The summed E-state index contributed by atoms with van der Waals surface area (Å²) in [7, 11) is 3.55. The van der Waals surface area contributed by atoms with E-state index in [1.54, 1.807) is 19.5 Å². The number of aromatic nitrogens is 4. The molecule has 7 heteroatoms. The van der Waals surface area contributed by atoms with Gasteiger partial charge in [0.05, 0.1) is 30.1 Å². The summed E-state index contributed by atoms with van der Waals surface area (Å²) in [4.78, 5) is 23.8. The molecule has 156 valence electrons. The van der Waals surface area contributed by atoms with Crippen molar-refractivity contribution in [3.8, 4) is 17.1 Å². The maximum Gasteiger partial charge on any atom is 0.254 e. The number of aryl methyl sites for hydroxylation is 1. The molecule has 0 saturated heterocycles. The maximum absolute atomic E-state index is 13.4. The van der Waals surface area contributed by atoms with E-state index in [9.17, 15) is 4.79 Å². The molecule has 0 bridgehead atoms. The Labute approximate surface area is 180 Å². The monoisotopic (exact) mass is 413 g/mol. The molecule has 5 rings (SSSR count). The molecular formula is C24H23N5O2. The minimum absolute atomic E-state index is 0.0155. The molecule has 0 fully saturated rings. The second-order valence-electron chi connectivity index (χ2n) is 7.76. The highest BCUT2D eigenvalue weighted by Crippen LogP contribution is 2.36. The van der Waals surface area contributed by atoms with Gasteiger partial charge in [0.2, 0.25) is 5.88 Å². The van der Waals surface area contributed by atoms with Crippen LogP contribution in [0.4, 0.5) is 0 Å². The van der Waals surface area contributed by atoms with Crippen LogP contribution in [0.2, 0.25) is 0 Å². The molecular weight excluding hydrogens is 390 g/mol. The van der Waals surface area contributed by atoms with Gasteiger partial charge in [-0.2, -0.15) is 5.10 Å². The van der Waals surface area contributed by atoms with Crippen molar-refractivity contribution in [2.45, 2.75) is 19.4 Å². The van der Waals surface area contributed by atoms with Gasteiger partial charge >= 0.3 is 0 Å². The molecule has 0 N–H and O–H groups in total. The van der Waals surface area contributed by atoms with Gasteiger partial charge in [-0.25, -0.2) is 4.98 Å². The topological polar surface area (TPSA) is 73.1 Å². The fourth-order valence-corrected chi connectivity index (χ4v) is 4.43. The third-order valence-corrected chi connectivity index (χ3v) is 5.97. The van der Waals surface area contributed by atoms with Crippen LogP contribution in [0.15, 0.2) is 54.9 Å². The van der Waals surface area contributed by atoms with Gasteiger partial charge in [-0.05, 0) is 43.7 Å². The SMILES string of the molecule is COc1cc(-c2c3c(nn2C)[C@H](C)N(C(=O)c2ccc4ncccc4c2)CC3)ccn1. The molecule has 1 aromatic carbocycles. The highest BCUT2D eigenvalue weighted by Gasteiger charge is 2.33. The van der Waals surface area contributed by atoms with E-state index in [0.29, 0.717) is 18.0 Å². The molecule has 31 heavy (non-hydrogen) atoms. The van der Waals surface area contributed by atoms with Gasteiger partial charge in [-0.1, -0.05) is 6.07 Å². The number of fused-ring (bicyclic) bond motifs is 2. The van der Waals surface area contributed by atoms with Gasteiger partial charge in [0, 0.05) is 54.1 Å². The summed E-state index contributed by atoms with van der Waals surface area (Å²) < 4.78 is 7.18. The fourth-order valence-electron chi connectivity index (χ4n) is 4.43. The van der Waals surface area contributed by atoms with Gasteiger partial charge in [-0.15, -0.1) is 0 Å². The first-order valence-corrected chi connectivity index (χ1v) is 10.3. The molecule has 1 amide bonds. The Kier molecular flexibility index (Phi) is 4.66. The first-order chi connectivity index (χ1) is 15.1. The summed E-state index contributed by atoms with van der Waals surface area (Å²) >= 11 is 0. The van der Waals surface area contributed by atoms with Gasteiger partial charge in [0.15, 0.2) is 0 Å². The van der Waals surface area contributed by atoms with Crippen LogP contribution in [-0.4, -0.2) is 44.2 Å². The molecule has 4 aromatic rings. The summed E-state index contributed by atoms with van der Waals surface area (Å²) in [6.45, 7) is 2.68. The minimum atomic E-state index is -0.121. The molecule has 0 saturated carbocycles. The van der Waals surface area contributed by atoms with Crippen molar-refractivity contribution < 1.29 is 9.53 Å². The zero-order chi connectivity index (χ0) is 21.5. The average molecular weight is 413 g/mol. The molecule has 0 unspecified atom stereocenters. The average Bonchev–Trinajstić information content (AvgIpc) is 3.15. The lowest BCUT2D eigenvalue weighted by molar-refractivity contribution is 0.0674. The number of ether oxygens (including phenoxy) is 1. The van der Waals surface area contributed by atoms with Crippen molar-refractivity contribution in [2.75, 3.05) is 13.7 Å². The highest BCUT2D eigenvalue weighted by atomic mass is 16.5. The van der Waals surface area contributed by atoms with Crippen LogP contribution in [0.1, 0.15) is 34.6 Å². The Morgan fingerprint density at radius 3 is 2.84 bits per heavy atom. The van der Waals surface area contributed by atoms with Crippen LogP contribution >= 0.6 is 0 Å². The zero-order valence-corrected chi connectivity index (χ0v) is 17.7. The Balaban J connectivity index is 1.49. The predicted octanol–water partition coefficient (Wildman–Crippen LogP) is 3.80. The lowest BCUT2D eigenvalue weighted by Gasteiger charge is -2.33. The van der Waals surface area contributed by atoms with Gasteiger partial charge in [0.25, 0.3) is 5.91 Å². The van der Waals surface area contributed by atoms with E-state index in [1.807, 2.05) is 66.0 Å². The third-order valence-electron chi connectivity index (χ3n) is 5.97. The van der Waals surface area contributed by atoms with E-state index >= 15 is 0 Å². The van der Waals surface area contributed by atoms with Gasteiger partial charge in [-0.3, -0.25) is 14.5 Å². The second-order valence-corrected chi connectivity index (χ2v) is 7.76. The quantitative estimate of drug-likeness (QED) is 0.511. The van der Waals surface area contributed by atoms with E-state index in [0.717, 1.165) is 34.3 Å². The fraction of sp³-hybridized carbons (Fsp3) is 0.250. The summed E-state index contributed by atoms with van der Waals surface area (Å²) in [5, 5.41) is 5.76. The van der Waals surface area contributed by atoms with Crippen LogP contribution in [0.5, 0.6) is 5.88 Å². The Morgan fingerprint density at radius 1 is 1.13 bits per heavy atom. The number of amides is 1. The smallest absolute Gasteiger partial charge is 0.254 e. The molecule has 7 nitrogen and oxygen atoms in total. The Bertz CT molecular complexity index is 1300. The van der Waals surface area contributed by atoms with Gasteiger partial charge < -0.3 is 9.64 Å². The Hall–Kier alpha value is -3.74. The van der Waals surface area contributed by atoms with Crippen molar-refractivity contribution in [3.05, 3.63) is 71.7 Å². The van der Waals surface area contributed by atoms with Crippen molar-refractivity contribution in [2.24, 2.45) is 7.05 Å². The Morgan fingerprint density at radius 2 is 2.00 bits per heavy atom. The van der Waals surface area contributed by atoms with E-state index < -0.39 is 0 Å². The van der Waals surface area contributed by atoms with Crippen LogP contribution in [0.25, 0.3) is 22.2 Å². The lowest BCUT2D eigenvalue weighted by atomic mass is 9.95.